The van der Waals surface area contributed by atoms with E-state index < -0.39 is 0 Å². The van der Waals surface area contributed by atoms with E-state index in [1.807, 2.05) is 12.1 Å². The number of hydrazine groups is 3. The van der Waals surface area contributed by atoms with Crippen molar-refractivity contribution in [3.05, 3.63) is 29.3 Å². The van der Waals surface area contributed by atoms with Crippen molar-refractivity contribution in [2.45, 2.75) is 19.0 Å². The molecule has 2 fully saturated rings. The highest BCUT2D eigenvalue weighted by Crippen LogP contribution is 2.26. The zero-order chi connectivity index (χ0) is 13.9. The van der Waals surface area contributed by atoms with Crippen molar-refractivity contribution in [1.29, 1.82) is 0 Å². The summed E-state index contributed by atoms with van der Waals surface area (Å²) in [4.78, 5) is 14.1. The van der Waals surface area contributed by atoms with Crippen LogP contribution in [0.2, 0.25) is 0 Å². The first-order valence-electron chi connectivity index (χ1n) is 6.77. The number of nitrogens with one attached hydrogen (secondary N) is 4. The molecule has 20 heavy (non-hydrogen) atoms. The van der Waals surface area contributed by atoms with E-state index in [0.717, 1.165) is 24.3 Å². The van der Waals surface area contributed by atoms with E-state index in [1.165, 1.54) is 20.0 Å². The Labute approximate surface area is 117 Å². The average molecular weight is 277 g/mol. The molecule has 0 aliphatic carbocycles. The third kappa shape index (κ3) is 2.61. The normalized spacial score (nSPS) is 19.6. The van der Waals surface area contributed by atoms with Gasteiger partial charge < -0.3 is 9.64 Å². The molecule has 0 bridgehead atoms. The predicted octanol–water partition coefficient (Wildman–Crippen LogP) is 0.189. The average Bonchev–Trinajstić information content (AvgIpc) is 3.18. The van der Waals surface area contributed by atoms with Crippen LogP contribution in [0.4, 0.5) is 5.69 Å². The molecule has 1 aromatic carbocycles. The topological polar surface area (TPSA) is 77.7 Å². The van der Waals surface area contributed by atoms with Gasteiger partial charge in [0.1, 0.15) is 6.17 Å². The van der Waals surface area contributed by atoms with E-state index >= 15 is 0 Å². The monoisotopic (exact) mass is 277 g/mol. The molecule has 2 aliphatic rings. The fourth-order valence-electron chi connectivity index (χ4n) is 2.61. The van der Waals surface area contributed by atoms with Crippen molar-refractivity contribution in [3.8, 4) is 0 Å². The Kier molecular flexibility index (Phi) is 3.83. The number of methoxy groups -OCH3 is 1. The number of anilines is 1. The van der Waals surface area contributed by atoms with Crippen molar-refractivity contribution in [3.63, 3.8) is 0 Å². The molecule has 4 N–H and O–H groups in total. The SMILES string of the molecule is COC(=O)c1cc(C2NNNN2)cc(N2CCCC2)c1. The van der Waals surface area contributed by atoms with Gasteiger partial charge in [0.15, 0.2) is 0 Å². The van der Waals surface area contributed by atoms with Crippen LogP contribution >= 0.6 is 0 Å². The second kappa shape index (κ2) is 5.76. The highest BCUT2D eigenvalue weighted by Gasteiger charge is 2.21. The van der Waals surface area contributed by atoms with Crippen molar-refractivity contribution in [1.82, 2.24) is 21.9 Å². The summed E-state index contributed by atoms with van der Waals surface area (Å²) in [6, 6.07) is 5.83. The number of carbonyl (C=O) groups is 1. The van der Waals surface area contributed by atoms with Gasteiger partial charge in [-0.15, -0.1) is 0 Å². The van der Waals surface area contributed by atoms with E-state index in [0.29, 0.717) is 5.56 Å². The van der Waals surface area contributed by atoms with Crippen molar-refractivity contribution < 1.29 is 9.53 Å². The quantitative estimate of drug-likeness (QED) is 0.587. The smallest absolute Gasteiger partial charge is 0.337 e. The molecule has 2 heterocycles. The molecule has 3 rings (SSSR count). The maximum absolute atomic E-state index is 11.8. The van der Waals surface area contributed by atoms with Gasteiger partial charge in [-0.25, -0.2) is 15.6 Å². The second-order valence-electron chi connectivity index (χ2n) is 4.97. The lowest BCUT2D eigenvalue weighted by molar-refractivity contribution is 0.0600. The zero-order valence-corrected chi connectivity index (χ0v) is 11.4. The molecule has 7 heteroatoms. The molecule has 1 aromatic rings. The Morgan fingerprint density at radius 3 is 2.55 bits per heavy atom. The highest BCUT2D eigenvalue weighted by atomic mass is 16.5. The van der Waals surface area contributed by atoms with Crippen LogP contribution in [0, 0.1) is 0 Å². The minimum Gasteiger partial charge on any atom is -0.465 e. The van der Waals surface area contributed by atoms with Crippen LogP contribution in [0.3, 0.4) is 0 Å². The number of benzene rings is 1. The van der Waals surface area contributed by atoms with Gasteiger partial charge in [0.25, 0.3) is 0 Å². The molecule has 0 aromatic heterocycles. The number of carbonyl (C=O) groups excluding carboxylic acids is 1. The summed E-state index contributed by atoms with van der Waals surface area (Å²) in [5.41, 5.74) is 14.2. The lowest BCUT2D eigenvalue weighted by Gasteiger charge is -2.21. The van der Waals surface area contributed by atoms with Gasteiger partial charge in [0.2, 0.25) is 0 Å². The maximum atomic E-state index is 11.8. The number of esters is 1. The standard InChI is InChI=1S/C13H19N5O2/c1-20-13(19)10-6-9(12-14-16-17-15-12)7-11(8-10)18-4-2-3-5-18/h6-8,12,14-17H,2-5H2,1H3. The molecule has 2 saturated heterocycles. The van der Waals surface area contributed by atoms with Crippen molar-refractivity contribution >= 4 is 11.7 Å². The Bertz CT molecular complexity index is 461. The number of hydrogen-bond donors (Lipinski definition) is 4. The van der Waals surface area contributed by atoms with E-state index in [-0.39, 0.29) is 12.1 Å². The predicted molar refractivity (Wildman–Crippen MR) is 74.5 cm³/mol. The molecule has 108 valence electrons. The van der Waals surface area contributed by atoms with Crippen LogP contribution in [0.25, 0.3) is 0 Å². The van der Waals surface area contributed by atoms with E-state index in [4.69, 9.17) is 4.74 Å². The maximum Gasteiger partial charge on any atom is 0.337 e. The fourth-order valence-corrected chi connectivity index (χ4v) is 2.61. The number of hydrogen-bond acceptors (Lipinski definition) is 7. The van der Waals surface area contributed by atoms with Gasteiger partial charge >= 0.3 is 5.97 Å². The van der Waals surface area contributed by atoms with Crippen LogP contribution < -0.4 is 26.8 Å². The Hall–Kier alpha value is -1.67. The minimum absolute atomic E-state index is 0.0963. The van der Waals surface area contributed by atoms with Gasteiger partial charge in [0.05, 0.1) is 12.7 Å². The van der Waals surface area contributed by atoms with Gasteiger partial charge in [-0.05, 0) is 36.6 Å². The fraction of sp³-hybridized carbons (Fsp3) is 0.462. The highest BCUT2D eigenvalue weighted by molar-refractivity contribution is 5.91. The Balaban J connectivity index is 1.95. The van der Waals surface area contributed by atoms with Crippen LogP contribution in [0.1, 0.15) is 34.9 Å². The molecular formula is C13H19N5O2. The summed E-state index contributed by atoms with van der Waals surface area (Å²) in [7, 11) is 1.40. The van der Waals surface area contributed by atoms with Gasteiger partial charge in [0, 0.05) is 18.8 Å². The summed E-state index contributed by atoms with van der Waals surface area (Å²) in [5, 5.41) is 0. The summed E-state index contributed by atoms with van der Waals surface area (Å²) >= 11 is 0. The van der Waals surface area contributed by atoms with Crippen LogP contribution in [-0.2, 0) is 4.74 Å². The van der Waals surface area contributed by atoms with E-state index in [1.54, 1.807) is 0 Å². The van der Waals surface area contributed by atoms with Gasteiger partial charge in [-0.3, -0.25) is 0 Å². The van der Waals surface area contributed by atoms with Crippen molar-refractivity contribution in [2.75, 3.05) is 25.1 Å². The van der Waals surface area contributed by atoms with E-state index in [9.17, 15) is 4.79 Å². The van der Waals surface area contributed by atoms with Crippen LogP contribution in [0.5, 0.6) is 0 Å². The molecular weight excluding hydrogens is 258 g/mol. The number of rotatable bonds is 3. The molecule has 0 unspecified atom stereocenters. The summed E-state index contributed by atoms with van der Waals surface area (Å²) in [5.74, 6) is -0.314. The molecule has 0 saturated carbocycles. The molecule has 0 atom stereocenters. The Morgan fingerprint density at radius 2 is 1.90 bits per heavy atom. The third-order valence-corrected chi connectivity index (χ3v) is 3.66. The molecule has 7 nitrogen and oxygen atoms in total. The Morgan fingerprint density at radius 1 is 1.20 bits per heavy atom. The molecule has 0 radical (unpaired) electrons. The van der Waals surface area contributed by atoms with Crippen LogP contribution in [0.15, 0.2) is 18.2 Å². The minimum atomic E-state index is -0.314. The second-order valence-corrected chi connectivity index (χ2v) is 4.97. The summed E-state index contributed by atoms with van der Waals surface area (Å²) in [6.45, 7) is 2.07. The van der Waals surface area contributed by atoms with Crippen molar-refractivity contribution in [2.24, 2.45) is 0 Å². The number of ether oxygens (including phenoxy) is 1. The zero-order valence-electron chi connectivity index (χ0n) is 11.4. The first kappa shape index (κ1) is 13.3. The first-order valence-corrected chi connectivity index (χ1v) is 6.77. The van der Waals surface area contributed by atoms with E-state index in [2.05, 4.69) is 32.9 Å². The first-order chi connectivity index (χ1) is 9.78. The van der Waals surface area contributed by atoms with Crippen LogP contribution in [-0.4, -0.2) is 26.2 Å². The lowest BCUT2D eigenvalue weighted by Crippen LogP contribution is -2.33. The summed E-state index contributed by atoms with van der Waals surface area (Å²) < 4.78 is 4.84. The van der Waals surface area contributed by atoms with Gasteiger partial charge in [-0.1, -0.05) is 0 Å². The molecule has 2 aliphatic heterocycles. The van der Waals surface area contributed by atoms with Gasteiger partial charge in [-0.2, -0.15) is 11.1 Å². The lowest BCUT2D eigenvalue weighted by atomic mass is 10.1. The molecule has 0 amide bonds. The largest absolute Gasteiger partial charge is 0.465 e. The summed E-state index contributed by atoms with van der Waals surface area (Å²) in [6.07, 6.45) is 2.29. The number of nitrogens with zero attached hydrogens (tertiary/aromatic N) is 1. The third-order valence-electron chi connectivity index (χ3n) is 3.66. The molecule has 0 spiro atoms.